The lowest BCUT2D eigenvalue weighted by atomic mass is 10.0. The Labute approximate surface area is 224 Å². The molecule has 0 aliphatic heterocycles. The van der Waals surface area contributed by atoms with Crippen molar-refractivity contribution in [2.45, 2.75) is 104 Å². The van der Waals surface area contributed by atoms with Gasteiger partial charge in [0.2, 0.25) is 0 Å². The number of anilines is 1. The van der Waals surface area contributed by atoms with Crippen molar-refractivity contribution >= 4 is 17.6 Å². The van der Waals surface area contributed by atoms with Crippen molar-refractivity contribution in [3.63, 3.8) is 0 Å². The van der Waals surface area contributed by atoms with Gasteiger partial charge in [-0.15, -0.1) is 0 Å². The monoisotopic (exact) mass is 509 g/mol. The highest BCUT2D eigenvalue weighted by atomic mass is 16.5. The zero-order valence-electron chi connectivity index (χ0n) is 23.0. The lowest BCUT2D eigenvalue weighted by Gasteiger charge is -2.12. The maximum atomic E-state index is 12.7. The Kier molecular flexibility index (Phi) is 15.1. The summed E-state index contributed by atoms with van der Waals surface area (Å²) in [5, 5.41) is 11.8. The van der Waals surface area contributed by atoms with Gasteiger partial charge < -0.3 is 15.2 Å². The summed E-state index contributed by atoms with van der Waals surface area (Å²) in [6.07, 6.45) is 18.5. The minimum Gasteiger partial charge on any atom is -0.493 e. The quantitative estimate of drug-likeness (QED) is 0.174. The highest BCUT2D eigenvalue weighted by Gasteiger charge is 2.13. The van der Waals surface area contributed by atoms with Crippen LogP contribution in [0.3, 0.4) is 0 Å². The van der Waals surface area contributed by atoms with Crippen LogP contribution in [-0.4, -0.2) is 23.6 Å². The second-order valence-electron chi connectivity index (χ2n) is 10.5. The highest BCUT2D eigenvalue weighted by molar-refractivity contribution is 6.06. The minimum absolute atomic E-state index is 0.181. The zero-order chi connectivity index (χ0) is 26.7. The van der Waals surface area contributed by atoms with E-state index in [2.05, 4.69) is 19.2 Å². The van der Waals surface area contributed by atoms with Gasteiger partial charge in [0, 0.05) is 5.69 Å². The number of aromatic carboxylic acids is 1. The predicted octanol–water partition coefficient (Wildman–Crippen LogP) is 9.13. The molecule has 0 heterocycles. The third-order valence-electron chi connectivity index (χ3n) is 6.70. The van der Waals surface area contributed by atoms with E-state index < -0.39 is 5.97 Å². The molecule has 2 aromatic rings. The molecule has 2 rings (SSSR count). The van der Waals surface area contributed by atoms with E-state index in [-0.39, 0.29) is 11.5 Å². The van der Waals surface area contributed by atoms with Gasteiger partial charge in [0.1, 0.15) is 5.75 Å². The molecule has 2 N–H and O–H groups in total. The average molecular weight is 510 g/mol. The fourth-order valence-electron chi connectivity index (χ4n) is 4.46. The summed E-state index contributed by atoms with van der Waals surface area (Å²) < 4.78 is 5.93. The first-order valence-corrected chi connectivity index (χ1v) is 14.3. The first kappa shape index (κ1) is 30.4. The molecule has 2 aromatic carbocycles. The molecule has 37 heavy (non-hydrogen) atoms. The lowest BCUT2D eigenvalue weighted by Crippen LogP contribution is -2.14. The Balaban J connectivity index is 1.52. The van der Waals surface area contributed by atoms with Crippen LogP contribution in [0, 0.1) is 5.92 Å². The van der Waals surface area contributed by atoms with Crippen LogP contribution in [0.15, 0.2) is 48.5 Å². The van der Waals surface area contributed by atoms with Gasteiger partial charge in [-0.05, 0) is 48.7 Å². The van der Waals surface area contributed by atoms with Crippen molar-refractivity contribution in [3.8, 4) is 5.75 Å². The molecule has 0 saturated heterocycles. The molecule has 0 aliphatic carbocycles. The molecule has 5 heteroatoms. The van der Waals surface area contributed by atoms with Crippen LogP contribution >= 0.6 is 0 Å². The van der Waals surface area contributed by atoms with E-state index >= 15 is 0 Å². The molecule has 0 bridgehead atoms. The molecular formula is C32H47NO4. The standard InChI is InChI=1S/C32H47NO4/c1-26(2)18-14-12-10-8-6-4-3-5-7-9-11-13-17-25-37-30-20-16-15-19-29(30)31(34)33-28-23-21-27(22-24-28)32(35)36/h15-16,19-24,26H,3-14,17-18,25H2,1-2H3,(H,33,34)(H,35,36). The maximum Gasteiger partial charge on any atom is 0.335 e. The van der Waals surface area contributed by atoms with Gasteiger partial charge in [-0.25, -0.2) is 4.79 Å². The SMILES string of the molecule is CC(C)CCCCCCCCCCCCCCCOc1ccccc1C(=O)Nc1ccc(C(=O)O)cc1. The third-order valence-corrected chi connectivity index (χ3v) is 6.70. The summed E-state index contributed by atoms with van der Waals surface area (Å²) >= 11 is 0. The Bertz CT molecular complexity index is 907. The number of benzene rings is 2. The van der Waals surface area contributed by atoms with Crippen molar-refractivity contribution < 1.29 is 19.4 Å². The Hall–Kier alpha value is -2.82. The van der Waals surface area contributed by atoms with E-state index in [1.54, 1.807) is 18.2 Å². The van der Waals surface area contributed by atoms with Crippen molar-refractivity contribution in [2.24, 2.45) is 5.92 Å². The molecule has 1 amide bonds. The summed E-state index contributed by atoms with van der Waals surface area (Å²) in [5.41, 5.74) is 1.20. The largest absolute Gasteiger partial charge is 0.493 e. The molecule has 0 radical (unpaired) electrons. The molecule has 0 unspecified atom stereocenters. The number of rotatable bonds is 20. The summed E-state index contributed by atoms with van der Waals surface area (Å²) in [7, 11) is 0. The van der Waals surface area contributed by atoms with Gasteiger partial charge in [-0.2, -0.15) is 0 Å². The molecule has 0 aliphatic rings. The Morgan fingerprint density at radius 3 is 1.78 bits per heavy atom. The van der Waals surface area contributed by atoms with E-state index in [0.717, 1.165) is 18.8 Å². The number of para-hydroxylation sites is 1. The number of hydrogen-bond donors (Lipinski definition) is 2. The first-order valence-electron chi connectivity index (χ1n) is 14.3. The number of amides is 1. The van der Waals surface area contributed by atoms with Gasteiger partial charge in [-0.1, -0.05) is 109 Å². The maximum absolute atomic E-state index is 12.7. The molecular weight excluding hydrogens is 462 g/mol. The summed E-state index contributed by atoms with van der Waals surface area (Å²) in [4.78, 5) is 23.7. The molecule has 5 nitrogen and oxygen atoms in total. The Morgan fingerprint density at radius 1 is 0.730 bits per heavy atom. The second kappa shape index (κ2) is 18.4. The number of nitrogens with one attached hydrogen (secondary N) is 1. The predicted molar refractivity (Wildman–Crippen MR) is 153 cm³/mol. The van der Waals surface area contributed by atoms with E-state index in [4.69, 9.17) is 9.84 Å². The molecule has 0 saturated carbocycles. The second-order valence-corrected chi connectivity index (χ2v) is 10.5. The number of carboxylic acids is 1. The van der Waals surface area contributed by atoms with E-state index in [1.807, 2.05) is 18.2 Å². The third kappa shape index (κ3) is 13.3. The number of unbranched alkanes of at least 4 members (excludes halogenated alkanes) is 12. The number of hydrogen-bond acceptors (Lipinski definition) is 3. The minimum atomic E-state index is -0.995. The van der Waals surface area contributed by atoms with Gasteiger partial charge in [0.05, 0.1) is 17.7 Å². The molecule has 0 spiro atoms. The highest BCUT2D eigenvalue weighted by Crippen LogP contribution is 2.21. The van der Waals surface area contributed by atoms with Crippen LogP contribution in [0.1, 0.15) is 124 Å². The van der Waals surface area contributed by atoms with Crippen LogP contribution < -0.4 is 10.1 Å². The van der Waals surface area contributed by atoms with Gasteiger partial charge in [-0.3, -0.25) is 4.79 Å². The summed E-state index contributed by atoms with van der Waals surface area (Å²) in [6.45, 7) is 5.22. The van der Waals surface area contributed by atoms with Gasteiger partial charge >= 0.3 is 5.97 Å². The van der Waals surface area contributed by atoms with Crippen LogP contribution in [-0.2, 0) is 0 Å². The number of ether oxygens (including phenoxy) is 1. The van der Waals surface area contributed by atoms with E-state index in [0.29, 0.717) is 23.6 Å². The van der Waals surface area contributed by atoms with Crippen molar-refractivity contribution in [3.05, 3.63) is 59.7 Å². The molecule has 204 valence electrons. The fraction of sp³-hybridized carbons (Fsp3) is 0.562. The van der Waals surface area contributed by atoms with Crippen LogP contribution in [0.5, 0.6) is 5.75 Å². The van der Waals surface area contributed by atoms with Crippen LogP contribution in [0.25, 0.3) is 0 Å². The fourth-order valence-corrected chi connectivity index (χ4v) is 4.46. The molecule has 0 fully saturated rings. The van der Waals surface area contributed by atoms with Gasteiger partial charge in [0.15, 0.2) is 0 Å². The normalized spacial score (nSPS) is 11.0. The lowest BCUT2D eigenvalue weighted by molar-refractivity contribution is 0.0696. The summed E-state index contributed by atoms with van der Waals surface area (Å²) in [6, 6.07) is 13.3. The number of carbonyl (C=O) groups is 2. The first-order chi connectivity index (χ1) is 18.0. The van der Waals surface area contributed by atoms with Crippen LogP contribution in [0.2, 0.25) is 0 Å². The molecule has 0 aromatic heterocycles. The van der Waals surface area contributed by atoms with Crippen molar-refractivity contribution in [1.29, 1.82) is 0 Å². The van der Waals surface area contributed by atoms with Gasteiger partial charge in [0.25, 0.3) is 5.91 Å². The van der Waals surface area contributed by atoms with Crippen molar-refractivity contribution in [2.75, 3.05) is 11.9 Å². The molecule has 0 atom stereocenters. The van der Waals surface area contributed by atoms with E-state index in [1.165, 1.54) is 89.2 Å². The summed E-state index contributed by atoms with van der Waals surface area (Å²) in [5.74, 6) is 0.152. The zero-order valence-corrected chi connectivity index (χ0v) is 23.0. The van der Waals surface area contributed by atoms with E-state index in [9.17, 15) is 9.59 Å². The van der Waals surface area contributed by atoms with Crippen LogP contribution in [0.4, 0.5) is 5.69 Å². The topological polar surface area (TPSA) is 75.6 Å². The average Bonchev–Trinajstić information content (AvgIpc) is 2.88. The Morgan fingerprint density at radius 2 is 1.24 bits per heavy atom. The number of carboxylic acid groups (broad SMARTS) is 1. The smallest absolute Gasteiger partial charge is 0.335 e. The number of carbonyl (C=O) groups excluding carboxylic acids is 1. The van der Waals surface area contributed by atoms with Crippen molar-refractivity contribution in [1.82, 2.24) is 0 Å².